The Morgan fingerprint density at radius 3 is 2.80 bits per heavy atom. The number of carbonyl (C=O) groups is 2. The normalized spacial score (nSPS) is 29.7. The van der Waals surface area contributed by atoms with Crippen LogP contribution in [0.1, 0.15) is 50.6 Å². The van der Waals surface area contributed by atoms with Gasteiger partial charge in [-0.2, -0.15) is 4.37 Å². The molecule has 25 heavy (non-hydrogen) atoms. The summed E-state index contributed by atoms with van der Waals surface area (Å²) in [7, 11) is 0. The van der Waals surface area contributed by atoms with Crippen molar-refractivity contribution >= 4 is 23.7 Å². The van der Waals surface area contributed by atoms with E-state index in [0.717, 1.165) is 43.1 Å². The Hall–Kier alpha value is -1.74. The summed E-state index contributed by atoms with van der Waals surface area (Å²) in [6.45, 7) is 4.12. The summed E-state index contributed by atoms with van der Waals surface area (Å²) in [5.41, 5.74) is 0.877. The predicted octanol–water partition coefficient (Wildman–Crippen LogP) is 1.67. The summed E-state index contributed by atoms with van der Waals surface area (Å²) in [5.74, 6) is -1.89. The molecule has 0 aromatic carbocycles. The SMILES string of the molecule is CCCCCOc1nsnc1C1CN2CC1CCC21OC(=O)C(=O)O1. The minimum atomic E-state index is -1.22. The van der Waals surface area contributed by atoms with Gasteiger partial charge in [0.05, 0.1) is 18.3 Å². The second-order valence-corrected chi connectivity index (χ2v) is 7.34. The quantitative estimate of drug-likeness (QED) is 0.426. The molecule has 0 aliphatic carbocycles. The second kappa shape index (κ2) is 6.53. The molecule has 3 unspecified atom stereocenters. The van der Waals surface area contributed by atoms with E-state index in [0.29, 0.717) is 37.9 Å². The van der Waals surface area contributed by atoms with Crippen molar-refractivity contribution in [3.8, 4) is 5.88 Å². The maximum absolute atomic E-state index is 11.5. The van der Waals surface area contributed by atoms with Crippen molar-refractivity contribution in [1.82, 2.24) is 13.6 Å². The smallest absolute Gasteiger partial charge is 0.421 e. The molecule has 4 rings (SSSR count). The van der Waals surface area contributed by atoms with Crippen LogP contribution in [0.5, 0.6) is 5.88 Å². The summed E-state index contributed by atoms with van der Waals surface area (Å²) in [5, 5.41) is 0. The van der Waals surface area contributed by atoms with E-state index in [1.807, 2.05) is 4.90 Å². The van der Waals surface area contributed by atoms with E-state index in [-0.39, 0.29) is 5.92 Å². The fraction of sp³-hybridized carbons (Fsp3) is 0.750. The topological polar surface area (TPSA) is 90.9 Å². The highest BCUT2D eigenvalue weighted by Gasteiger charge is 2.59. The third kappa shape index (κ3) is 2.89. The lowest BCUT2D eigenvalue weighted by molar-refractivity contribution is -0.257. The maximum Gasteiger partial charge on any atom is 0.421 e. The molecule has 3 saturated heterocycles. The van der Waals surface area contributed by atoms with Crippen LogP contribution in [0.2, 0.25) is 0 Å². The van der Waals surface area contributed by atoms with E-state index in [1.54, 1.807) is 0 Å². The minimum absolute atomic E-state index is 0.150. The monoisotopic (exact) mass is 367 g/mol. The number of hydrogen-bond donors (Lipinski definition) is 0. The molecule has 3 aliphatic heterocycles. The summed E-state index contributed by atoms with van der Waals surface area (Å²) >= 11 is 1.16. The van der Waals surface area contributed by atoms with E-state index in [9.17, 15) is 9.59 Å². The maximum atomic E-state index is 11.5. The van der Waals surface area contributed by atoms with Gasteiger partial charge in [0.25, 0.3) is 0 Å². The molecule has 136 valence electrons. The lowest BCUT2D eigenvalue weighted by atomic mass is 9.88. The highest BCUT2D eigenvalue weighted by Crippen LogP contribution is 2.48. The van der Waals surface area contributed by atoms with Crippen LogP contribution < -0.4 is 4.74 Å². The second-order valence-electron chi connectivity index (χ2n) is 6.81. The summed E-state index contributed by atoms with van der Waals surface area (Å²) < 4.78 is 25.2. The zero-order chi connectivity index (χ0) is 17.4. The van der Waals surface area contributed by atoms with Crippen molar-refractivity contribution in [3.63, 3.8) is 0 Å². The summed E-state index contributed by atoms with van der Waals surface area (Å²) in [4.78, 5) is 24.9. The van der Waals surface area contributed by atoms with E-state index < -0.39 is 17.8 Å². The molecule has 1 aromatic heterocycles. The first-order valence-electron chi connectivity index (χ1n) is 8.79. The van der Waals surface area contributed by atoms with E-state index in [4.69, 9.17) is 14.2 Å². The van der Waals surface area contributed by atoms with E-state index in [1.165, 1.54) is 0 Å². The standard InChI is InChI=1S/C16H21N3O5S/c1-2-3-4-7-22-13-12(17-25-18-13)11-9-19-8-10(11)5-6-16(19)23-14(20)15(21)24-16/h10-11H,2-9H2,1H3. The lowest BCUT2D eigenvalue weighted by Crippen LogP contribution is -2.51. The number of aromatic nitrogens is 2. The van der Waals surface area contributed by atoms with Crippen molar-refractivity contribution in [2.24, 2.45) is 5.92 Å². The molecule has 3 atom stereocenters. The molecule has 9 heteroatoms. The van der Waals surface area contributed by atoms with E-state index in [2.05, 4.69) is 15.7 Å². The van der Waals surface area contributed by atoms with Gasteiger partial charge >= 0.3 is 17.8 Å². The van der Waals surface area contributed by atoms with Gasteiger partial charge in [0, 0.05) is 25.4 Å². The molecule has 1 aromatic rings. The molecule has 0 radical (unpaired) electrons. The fourth-order valence-electron chi connectivity index (χ4n) is 3.94. The third-order valence-corrected chi connectivity index (χ3v) is 5.77. The van der Waals surface area contributed by atoms with Crippen LogP contribution in [0.4, 0.5) is 0 Å². The molecule has 8 nitrogen and oxygen atoms in total. The number of nitrogens with zero attached hydrogens (tertiary/aromatic N) is 3. The zero-order valence-corrected chi connectivity index (χ0v) is 14.9. The highest BCUT2D eigenvalue weighted by atomic mass is 32.1. The number of esters is 2. The van der Waals surface area contributed by atoms with E-state index >= 15 is 0 Å². The first-order chi connectivity index (χ1) is 12.1. The van der Waals surface area contributed by atoms with Gasteiger partial charge in [-0.25, -0.2) is 14.5 Å². The molecular formula is C16H21N3O5S. The number of hydrogen-bond acceptors (Lipinski definition) is 9. The Labute approximate surface area is 149 Å². The van der Waals surface area contributed by atoms with Crippen LogP contribution in [0.25, 0.3) is 0 Å². The van der Waals surface area contributed by atoms with Crippen LogP contribution in [0.3, 0.4) is 0 Å². The largest absolute Gasteiger partial charge is 0.476 e. The molecule has 3 fully saturated rings. The van der Waals surface area contributed by atoms with Gasteiger partial charge in [-0.05, 0) is 18.8 Å². The average Bonchev–Trinajstić information content (AvgIpc) is 3.26. The van der Waals surface area contributed by atoms with Gasteiger partial charge in [-0.3, -0.25) is 0 Å². The zero-order valence-electron chi connectivity index (χ0n) is 14.1. The lowest BCUT2D eigenvalue weighted by Gasteiger charge is -2.37. The van der Waals surface area contributed by atoms with Crippen LogP contribution in [-0.4, -0.2) is 51.2 Å². The molecule has 0 saturated carbocycles. The van der Waals surface area contributed by atoms with Gasteiger partial charge in [-0.1, -0.05) is 19.8 Å². The highest BCUT2D eigenvalue weighted by molar-refractivity contribution is 6.99. The summed E-state index contributed by atoms with van der Waals surface area (Å²) in [6.07, 6.45) is 4.57. The van der Waals surface area contributed by atoms with Crippen molar-refractivity contribution in [2.75, 3.05) is 19.7 Å². The van der Waals surface area contributed by atoms with Crippen molar-refractivity contribution in [1.29, 1.82) is 0 Å². The fourth-order valence-corrected chi connectivity index (χ4v) is 4.50. The van der Waals surface area contributed by atoms with Crippen molar-refractivity contribution < 1.29 is 23.8 Å². The molecule has 3 aliphatic rings. The molecule has 0 N–H and O–H groups in total. The van der Waals surface area contributed by atoms with Gasteiger partial charge < -0.3 is 14.2 Å². The Morgan fingerprint density at radius 2 is 2.04 bits per heavy atom. The van der Waals surface area contributed by atoms with Gasteiger partial charge in [-0.15, -0.1) is 4.37 Å². The van der Waals surface area contributed by atoms with Crippen LogP contribution >= 0.6 is 11.7 Å². The Bertz CT molecular complexity index is 662. The Balaban J connectivity index is 1.47. The first kappa shape index (κ1) is 16.7. The first-order valence-corrected chi connectivity index (χ1v) is 9.52. The van der Waals surface area contributed by atoms with Crippen LogP contribution in [0.15, 0.2) is 0 Å². The number of rotatable bonds is 6. The van der Waals surface area contributed by atoms with Gasteiger partial charge in [0.15, 0.2) is 0 Å². The average molecular weight is 367 g/mol. The Kier molecular flexibility index (Phi) is 4.36. The van der Waals surface area contributed by atoms with Crippen LogP contribution in [-0.2, 0) is 19.1 Å². The summed E-state index contributed by atoms with van der Waals surface area (Å²) in [6, 6.07) is 0. The molecule has 1 spiro atoms. The molecular weight excluding hydrogens is 346 g/mol. The number of carbonyl (C=O) groups excluding carboxylic acids is 2. The van der Waals surface area contributed by atoms with Crippen molar-refractivity contribution in [3.05, 3.63) is 5.69 Å². The predicted molar refractivity (Wildman–Crippen MR) is 86.9 cm³/mol. The number of piperidine rings is 1. The molecule has 4 heterocycles. The number of unbranched alkanes of at least 4 members (excludes halogenated alkanes) is 2. The van der Waals surface area contributed by atoms with Crippen molar-refractivity contribution in [2.45, 2.75) is 50.9 Å². The number of fused-ring (bicyclic) bond motifs is 3. The van der Waals surface area contributed by atoms with Gasteiger partial charge in [0.1, 0.15) is 5.69 Å². The minimum Gasteiger partial charge on any atom is -0.476 e. The number of ether oxygens (including phenoxy) is 3. The van der Waals surface area contributed by atoms with Crippen LogP contribution in [0, 0.1) is 5.92 Å². The van der Waals surface area contributed by atoms with Gasteiger partial charge in [0.2, 0.25) is 5.88 Å². The third-order valence-electron chi connectivity index (χ3n) is 5.24. The molecule has 2 bridgehead atoms. The molecule has 0 amide bonds. The Morgan fingerprint density at radius 1 is 1.24 bits per heavy atom.